The van der Waals surface area contributed by atoms with Crippen LogP contribution in [-0.4, -0.2) is 37.9 Å². The normalized spacial score (nSPS) is 12.7. The van der Waals surface area contributed by atoms with Crippen LogP contribution >= 0.6 is 0 Å². The summed E-state index contributed by atoms with van der Waals surface area (Å²) >= 11 is 0. The van der Waals surface area contributed by atoms with Crippen LogP contribution in [-0.2, 0) is 11.2 Å². The van der Waals surface area contributed by atoms with Crippen LogP contribution in [0.1, 0.15) is 32.2 Å². The summed E-state index contributed by atoms with van der Waals surface area (Å²) in [6.07, 6.45) is 0.879. The maximum Gasteiger partial charge on any atom is 0.141 e. The standard InChI is InChI=1S/C16H28N2O2/c1-6-15-16(8-7-13(4)18-15)20-14(11-19-5)10-17-9-12(2)3/h7-8,12,14,17H,6,9-11H2,1-5H3. The predicted octanol–water partition coefficient (Wildman–Crippen LogP) is 2.59. The maximum atomic E-state index is 6.06. The topological polar surface area (TPSA) is 43.4 Å². The fourth-order valence-corrected chi connectivity index (χ4v) is 1.99. The van der Waals surface area contributed by atoms with Crippen molar-refractivity contribution in [3.63, 3.8) is 0 Å². The van der Waals surface area contributed by atoms with Crippen molar-refractivity contribution in [2.24, 2.45) is 5.92 Å². The number of nitrogens with zero attached hydrogens (tertiary/aromatic N) is 1. The number of nitrogens with one attached hydrogen (secondary N) is 1. The second kappa shape index (κ2) is 8.93. The number of aromatic nitrogens is 1. The molecule has 4 nitrogen and oxygen atoms in total. The highest BCUT2D eigenvalue weighted by Gasteiger charge is 2.13. The Labute approximate surface area is 122 Å². The minimum absolute atomic E-state index is 0.00792. The smallest absolute Gasteiger partial charge is 0.141 e. The molecule has 4 heteroatoms. The highest BCUT2D eigenvalue weighted by Crippen LogP contribution is 2.19. The molecule has 0 aliphatic rings. The van der Waals surface area contributed by atoms with Gasteiger partial charge in [0.2, 0.25) is 0 Å². The average molecular weight is 280 g/mol. The second-order valence-electron chi connectivity index (χ2n) is 5.50. The molecule has 0 bridgehead atoms. The lowest BCUT2D eigenvalue weighted by molar-refractivity contribution is 0.0793. The van der Waals surface area contributed by atoms with E-state index in [0.717, 1.165) is 36.6 Å². The summed E-state index contributed by atoms with van der Waals surface area (Å²) in [6, 6.07) is 3.99. The van der Waals surface area contributed by atoms with Crippen molar-refractivity contribution in [1.29, 1.82) is 0 Å². The summed E-state index contributed by atoms with van der Waals surface area (Å²) in [7, 11) is 1.70. The van der Waals surface area contributed by atoms with Crippen molar-refractivity contribution < 1.29 is 9.47 Å². The van der Waals surface area contributed by atoms with E-state index >= 15 is 0 Å². The Bertz CT molecular complexity index is 394. The van der Waals surface area contributed by atoms with Gasteiger partial charge >= 0.3 is 0 Å². The van der Waals surface area contributed by atoms with Gasteiger partial charge in [-0.25, -0.2) is 0 Å². The van der Waals surface area contributed by atoms with E-state index in [-0.39, 0.29) is 6.10 Å². The number of hydrogen-bond acceptors (Lipinski definition) is 4. The predicted molar refractivity (Wildman–Crippen MR) is 82.4 cm³/mol. The van der Waals surface area contributed by atoms with E-state index in [1.807, 2.05) is 19.1 Å². The second-order valence-corrected chi connectivity index (χ2v) is 5.50. The highest BCUT2D eigenvalue weighted by molar-refractivity contribution is 5.29. The SMILES string of the molecule is CCc1nc(C)ccc1OC(CNCC(C)C)COC. The Balaban J connectivity index is 2.64. The van der Waals surface area contributed by atoms with Crippen LogP contribution in [0.4, 0.5) is 0 Å². The first kappa shape index (κ1) is 16.9. The van der Waals surface area contributed by atoms with Crippen LogP contribution in [0.2, 0.25) is 0 Å². The van der Waals surface area contributed by atoms with Crippen molar-refractivity contribution in [2.45, 2.75) is 40.2 Å². The van der Waals surface area contributed by atoms with Gasteiger partial charge < -0.3 is 14.8 Å². The fraction of sp³-hybridized carbons (Fsp3) is 0.688. The van der Waals surface area contributed by atoms with E-state index in [9.17, 15) is 0 Å². The van der Waals surface area contributed by atoms with E-state index in [4.69, 9.17) is 9.47 Å². The molecule has 0 saturated carbocycles. The van der Waals surface area contributed by atoms with Gasteiger partial charge in [0, 0.05) is 19.3 Å². The van der Waals surface area contributed by atoms with Crippen molar-refractivity contribution in [2.75, 3.05) is 26.8 Å². The molecule has 0 amide bonds. The van der Waals surface area contributed by atoms with E-state index in [0.29, 0.717) is 12.5 Å². The number of rotatable bonds is 9. The number of hydrogen-bond donors (Lipinski definition) is 1. The molecule has 0 radical (unpaired) electrons. The number of pyridine rings is 1. The molecule has 0 spiro atoms. The average Bonchev–Trinajstić information content (AvgIpc) is 2.40. The van der Waals surface area contributed by atoms with Gasteiger partial charge in [-0.05, 0) is 37.9 Å². The fourth-order valence-electron chi connectivity index (χ4n) is 1.99. The zero-order valence-corrected chi connectivity index (χ0v) is 13.4. The van der Waals surface area contributed by atoms with Crippen LogP contribution in [0.3, 0.4) is 0 Å². The van der Waals surface area contributed by atoms with Crippen molar-refractivity contribution in [3.8, 4) is 5.75 Å². The molecule has 1 atom stereocenters. The molecule has 20 heavy (non-hydrogen) atoms. The Hall–Kier alpha value is -1.13. The molecule has 1 unspecified atom stereocenters. The Morgan fingerprint density at radius 2 is 2.00 bits per heavy atom. The molecular formula is C16H28N2O2. The van der Waals surface area contributed by atoms with Crippen molar-refractivity contribution in [3.05, 3.63) is 23.5 Å². The summed E-state index contributed by atoms with van der Waals surface area (Å²) < 4.78 is 11.3. The Kier molecular flexibility index (Phi) is 7.55. The van der Waals surface area contributed by atoms with Gasteiger partial charge in [-0.15, -0.1) is 0 Å². The zero-order valence-electron chi connectivity index (χ0n) is 13.4. The first-order chi connectivity index (χ1) is 9.56. The molecular weight excluding hydrogens is 252 g/mol. The van der Waals surface area contributed by atoms with Crippen LogP contribution in [0.25, 0.3) is 0 Å². The van der Waals surface area contributed by atoms with Gasteiger partial charge in [-0.2, -0.15) is 0 Å². The zero-order chi connectivity index (χ0) is 15.0. The molecule has 1 rings (SSSR count). The van der Waals surface area contributed by atoms with E-state index in [1.54, 1.807) is 7.11 Å². The summed E-state index contributed by atoms with van der Waals surface area (Å²) in [5, 5.41) is 3.41. The minimum atomic E-state index is 0.00792. The summed E-state index contributed by atoms with van der Waals surface area (Å²) in [5.41, 5.74) is 2.03. The molecule has 114 valence electrons. The first-order valence-electron chi connectivity index (χ1n) is 7.39. The molecule has 1 aromatic rings. The van der Waals surface area contributed by atoms with Crippen molar-refractivity contribution >= 4 is 0 Å². The summed E-state index contributed by atoms with van der Waals surface area (Å²) in [4.78, 5) is 4.53. The number of methoxy groups -OCH3 is 1. The summed E-state index contributed by atoms with van der Waals surface area (Å²) in [6.45, 7) is 10.8. The van der Waals surface area contributed by atoms with Gasteiger partial charge in [0.1, 0.15) is 11.9 Å². The molecule has 1 heterocycles. The van der Waals surface area contributed by atoms with E-state index in [2.05, 4.69) is 31.1 Å². The van der Waals surface area contributed by atoms with E-state index in [1.165, 1.54) is 0 Å². The molecule has 0 saturated heterocycles. The van der Waals surface area contributed by atoms with E-state index < -0.39 is 0 Å². The molecule has 1 N–H and O–H groups in total. The van der Waals surface area contributed by atoms with Gasteiger partial charge in [-0.3, -0.25) is 4.98 Å². The van der Waals surface area contributed by atoms with Gasteiger partial charge in [0.15, 0.2) is 0 Å². The summed E-state index contributed by atoms with van der Waals surface area (Å²) in [5.74, 6) is 1.50. The Morgan fingerprint density at radius 1 is 1.25 bits per heavy atom. The largest absolute Gasteiger partial charge is 0.485 e. The van der Waals surface area contributed by atoms with Crippen LogP contribution in [0.15, 0.2) is 12.1 Å². The number of aryl methyl sites for hydroxylation is 2. The molecule has 1 aromatic heterocycles. The van der Waals surface area contributed by atoms with Gasteiger partial charge in [0.25, 0.3) is 0 Å². The van der Waals surface area contributed by atoms with Crippen molar-refractivity contribution in [1.82, 2.24) is 10.3 Å². The third kappa shape index (κ3) is 5.88. The molecule has 0 aliphatic carbocycles. The molecule has 0 aliphatic heterocycles. The van der Waals surface area contributed by atoms with Crippen LogP contribution < -0.4 is 10.1 Å². The minimum Gasteiger partial charge on any atom is -0.485 e. The lowest BCUT2D eigenvalue weighted by Gasteiger charge is -2.21. The van der Waals surface area contributed by atoms with Gasteiger partial charge in [0.05, 0.1) is 12.3 Å². The monoisotopic (exact) mass is 280 g/mol. The maximum absolute atomic E-state index is 6.06. The Morgan fingerprint density at radius 3 is 2.60 bits per heavy atom. The van der Waals surface area contributed by atoms with Crippen LogP contribution in [0.5, 0.6) is 5.75 Å². The quantitative estimate of drug-likeness (QED) is 0.755. The first-order valence-corrected chi connectivity index (χ1v) is 7.39. The third-order valence-corrected chi connectivity index (χ3v) is 2.98. The molecule has 0 fully saturated rings. The lowest BCUT2D eigenvalue weighted by Crippen LogP contribution is -2.36. The van der Waals surface area contributed by atoms with Gasteiger partial charge in [-0.1, -0.05) is 20.8 Å². The van der Waals surface area contributed by atoms with Crippen LogP contribution in [0, 0.1) is 12.8 Å². The lowest BCUT2D eigenvalue weighted by atomic mass is 10.2. The third-order valence-electron chi connectivity index (χ3n) is 2.98. The highest BCUT2D eigenvalue weighted by atomic mass is 16.5. The molecule has 0 aromatic carbocycles. The number of ether oxygens (including phenoxy) is 2.